The van der Waals surface area contributed by atoms with E-state index in [0.29, 0.717) is 5.56 Å². The number of rotatable bonds is 5. The standard InChI is InChI=1S/C25H21N3O2/c29-15-23(17-7-2-1-3-8-17)26-25(30)18-11-13-22-21(14-18)24(28-27-22)20-12-10-16-6-4-5-9-19(16)20/h1-9,11-14,23,29H,10,15H2,(H,26,30)(H,27,28)/t23-/m1/s1. The molecule has 1 aliphatic rings. The maximum absolute atomic E-state index is 12.9. The van der Waals surface area contributed by atoms with E-state index in [4.69, 9.17) is 0 Å². The molecule has 3 N–H and O–H groups in total. The smallest absolute Gasteiger partial charge is 0.251 e. The number of carbonyl (C=O) groups excluding carboxylic acids is 1. The van der Waals surface area contributed by atoms with Gasteiger partial charge in [-0.3, -0.25) is 9.89 Å². The molecule has 30 heavy (non-hydrogen) atoms. The van der Waals surface area contributed by atoms with Gasteiger partial charge in [-0.2, -0.15) is 5.10 Å². The Morgan fingerprint density at radius 2 is 1.87 bits per heavy atom. The normalized spacial score (nSPS) is 13.7. The maximum Gasteiger partial charge on any atom is 0.251 e. The molecule has 0 unspecified atom stereocenters. The van der Waals surface area contributed by atoms with Crippen LogP contribution in [-0.4, -0.2) is 27.8 Å². The quantitative estimate of drug-likeness (QED) is 0.478. The topological polar surface area (TPSA) is 78.0 Å². The van der Waals surface area contributed by atoms with Gasteiger partial charge in [0, 0.05) is 16.5 Å². The molecule has 0 aliphatic heterocycles. The zero-order valence-corrected chi connectivity index (χ0v) is 16.3. The highest BCUT2D eigenvalue weighted by molar-refractivity contribution is 6.02. The van der Waals surface area contributed by atoms with Crippen molar-refractivity contribution in [3.05, 3.63) is 107 Å². The van der Waals surface area contributed by atoms with Gasteiger partial charge in [-0.25, -0.2) is 0 Å². The zero-order chi connectivity index (χ0) is 20.5. The van der Waals surface area contributed by atoms with E-state index in [0.717, 1.165) is 34.2 Å². The van der Waals surface area contributed by atoms with Gasteiger partial charge in [-0.15, -0.1) is 0 Å². The van der Waals surface area contributed by atoms with Crippen molar-refractivity contribution in [1.29, 1.82) is 0 Å². The summed E-state index contributed by atoms with van der Waals surface area (Å²) in [5.41, 5.74) is 6.70. The van der Waals surface area contributed by atoms with E-state index in [1.54, 1.807) is 6.07 Å². The van der Waals surface area contributed by atoms with Crippen molar-refractivity contribution < 1.29 is 9.90 Å². The first-order chi connectivity index (χ1) is 14.7. The van der Waals surface area contributed by atoms with E-state index in [1.165, 1.54) is 11.1 Å². The van der Waals surface area contributed by atoms with E-state index in [2.05, 4.69) is 33.7 Å². The van der Waals surface area contributed by atoms with Gasteiger partial charge in [0.15, 0.2) is 0 Å². The van der Waals surface area contributed by atoms with Crippen LogP contribution in [-0.2, 0) is 6.42 Å². The van der Waals surface area contributed by atoms with Crippen molar-refractivity contribution in [2.24, 2.45) is 0 Å². The lowest BCUT2D eigenvalue weighted by Gasteiger charge is -2.16. The average Bonchev–Trinajstić information content (AvgIpc) is 3.41. The molecule has 0 bridgehead atoms. The second kappa shape index (κ2) is 7.61. The molecule has 0 radical (unpaired) electrons. The molecular weight excluding hydrogens is 374 g/mol. The lowest BCUT2D eigenvalue weighted by molar-refractivity contribution is 0.0916. The molecule has 5 rings (SSSR count). The Hall–Kier alpha value is -3.70. The van der Waals surface area contributed by atoms with Crippen LogP contribution in [0.5, 0.6) is 0 Å². The monoisotopic (exact) mass is 395 g/mol. The van der Waals surface area contributed by atoms with Gasteiger partial charge >= 0.3 is 0 Å². The van der Waals surface area contributed by atoms with E-state index in [1.807, 2.05) is 54.6 Å². The Bertz CT molecular complexity index is 1260. The summed E-state index contributed by atoms with van der Waals surface area (Å²) in [6.45, 7) is -0.168. The fraction of sp³-hybridized carbons (Fsp3) is 0.120. The molecule has 0 fully saturated rings. The third-order valence-corrected chi connectivity index (χ3v) is 5.60. The highest BCUT2D eigenvalue weighted by atomic mass is 16.3. The number of hydrogen-bond donors (Lipinski definition) is 3. The molecular formula is C25H21N3O2. The predicted octanol–water partition coefficient (Wildman–Crippen LogP) is 4.01. The van der Waals surface area contributed by atoms with Crippen LogP contribution in [0.15, 0.2) is 78.9 Å². The number of fused-ring (bicyclic) bond motifs is 2. The van der Waals surface area contributed by atoms with E-state index in [9.17, 15) is 9.90 Å². The summed E-state index contributed by atoms with van der Waals surface area (Å²) in [7, 11) is 0. The highest BCUT2D eigenvalue weighted by Crippen LogP contribution is 2.35. The van der Waals surface area contributed by atoms with Crippen molar-refractivity contribution in [3.8, 4) is 0 Å². The number of nitrogens with zero attached hydrogens (tertiary/aromatic N) is 1. The van der Waals surface area contributed by atoms with Gasteiger partial charge in [-0.1, -0.05) is 60.7 Å². The van der Waals surface area contributed by atoms with Crippen molar-refractivity contribution in [2.45, 2.75) is 12.5 Å². The van der Waals surface area contributed by atoms with Crippen molar-refractivity contribution in [3.63, 3.8) is 0 Å². The number of aromatic nitrogens is 2. The first kappa shape index (κ1) is 18.3. The first-order valence-electron chi connectivity index (χ1n) is 9.98. The molecule has 1 aromatic heterocycles. The van der Waals surface area contributed by atoms with Gasteiger partial charge in [0.25, 0.3) is 5.91 Å². The Kier molecular flexibility index (Phi) is 4.65. The molecule has 0 saturated carbocycles. The van der Waals surface area contributed by atoms with Crippen LogP contribution >= 0.6 is 0 Å². The SMILES string of the molecule is O=C(N[C@H](CO)c1ccccc1)c1ccc2[nH]nc(C3=CCc4ccccc43)c2c1. The number of nitrogens with one attached hydrogen (secondary N) is 2. The minimum Gasteiger partial charge on any atom is -0.394 e. The van der Waals surface area contributed by atoms with Gasteiger partial charge in [-0.05, 0) is 41.3 Å². The lowest BCUT2D eigenvalue weighted by Crippen LogP contribution is -2.30. The molecule has 148 valence electrons. The fourth-order valence-corrected chi connectivity index (χ4v) is 4.03. The number of benzene rings is 3. The summed E-state index contributed by atoms with van der Waals surface area (Å²) in [6.07, 6.45) is 3.07. The minimum atomic E-state index is -0.456. The maximum atomic E-state index is 12.9. The lowest BCUT2D eigenvalue weighted by atomic mass is 10.00. The third kappa shape index (κ3) is 3.19. The molecule has 1 aliphatic carbocycles. The third-order valence-electron chi connectivity index (χ3n) is 5.60. The summed E-state index contributed by atoms with van der Waals surface area (Å²) in [4.78, 5) is 12.9. The van der Waals surface area contributed by atoms with Crippen LogP contribution in [0.3, 0.4) is 0 Å². The Balaban J connectivity index is 1.47. The molecule has 4 aromatic rings. The van der Waals surface area contributed by atoms with Gasteiger partial charge in [0.1, 0.15) is 5.69 Å². The number of H-pyrrole nitrogens is 1. The molecule has 1 amide bonds. The van der Waals surface area contributed by atoms with Crippen molar-refractivity contribution in [1.82, 2.24) is 15.5 Å². The van der Waals surface area contributed by atoms with Crippen LogP contribution in [0.1, 0.15) is 38.8 Å². The summed E-state index contributed by atoms with van der Waals surface area (Å²) in [5.74, 6) is -0.229. The Morgan fingerprint density at radius 3 is 2.70 bits per heavy atom. The molecule has 1 atom stereocenters. The van der Waals surface area contributed by atoms with E-state index in [-0.39, 0.29) is 12.5 Å². The molecule has 5 nitrogen and oxygen atoms in total. The summed E-state index contributed by atoms with van der Waals surface area (Å²) in [5, 5.41) is 21.2. The van der Waals surface area contributed by atoms with Crippen molar-refractivity contribution in [2.75, 3.05) is 6.61 Å². The van der Waals surface area contributed by atoms with Crippen LogP contribution in [0.4, 0.5) is 0 Å². The van der Waals surface area contributed by atoms with Gasteiger partial charge < -0.3 is 10.4 Å². The number of allylic oxidation sites excluding steroid dienone is 1. The van der Waals surface area contributed by atoms with Gasteiger partial charge in [0.05, 0.1) is 18.2 Å². The second-order valence-electron chi connectivity index (χ2n) is 7.43. The van der Waals surface area contributed by atoms with Crippen LogP contribution in [0.2, 0.25) is 0 Å². The zero-order valence-electron chi connectivity index (χ0n) is 16.3. The number of amides is 1. The number of hydrogen-bond acceptors (Lipinski definition) is 3. The van der Waals surface area contributed by atoms with Crippen molar-refractivity contribution >= 4 is 22.4 Å². The number of aliphatic hydroxyl groups is 1. The summed E-state index contributed by atoms with van der Waals surface area (Å²) in [6, 6.07) is 22.8. The predicted molar refractivity (Wildman–Crippen MR) is 117 cm³/mol. The molecule has 5 heteroatoms. The number of carbonyl (C=O) groups is 1. The first-order valence-corrected chi connectivity index (χ1v) is 9.98. The minimum absolute atomic E-state index is 0.168. The number of aromatic amines is 1. The molecule has 0 spiro atoms. The Morgan fingerprint density at radius 1 is 1.07 bits per heavy atom. The molecule has 1 heterocycles. The van der Waals surface area contributed by atoms with Gasteiger partial charge in [0.2, 0.25) is 0 Å². The second-order valence-corrected chi connectivity index (χ2v) is 7.43. The van der Waals surface area contributed by atoms with Crippen LogP contribution in [0, 0.1) is 0 Å². The average molecular weight is 395 g/mol. The molecule has 3 aromatic carbocycles. The Labute approximate surface area is 174 Å². The van der Waals surface area contributed by atoms with E-state index >= 15 is 0 Å². The molecule has 0 saturated heterocycles. The largest absolute Gasteiger partial charge is 0.394 e. The van der Waals surface area contributed by atoms with Crippen LogP contribution in [0.25, 0.3) is 16.5 Å². The highest BCUT2D eigenvalue weighted by Gasteiger charge is 2.21. The summed E-state index contributed by atoms with van der Waals surface area (Å²) < 4.78 is 0. The fourth-order valence-electron chi connectivity index (χ4n) is 4.03. The number of aliphatic hydroxyl groups excluding tert-OH is 1. The van der Waals surface area contributed by atoms with E-state index < -0.39 is 6.04 Å². The van der Waals surface area contributed by atoms with Crippen LogP contribution < -0.4 is 5.32 Å². The summed E-state index contributed by atoms with van der Waals surface area (Å²) >= 11 is 0.